The van der Waals surface area contributed by atoms with Gasteiger partial charge < -0.3 is 15.2 Å². The SMILES string of the molecule is CCC(CC)C(=O)NCCc1nc2cc(NC(=O)C(C)C)ccc2n1C. The van der Waals surface area contributed by atoms with Crippen molar-refractivity contribution in [3.8, 4) is 0 Å². The van der Waals surface area contributed by atoms with Crippen molar-refractivity contribution in [2.45, 2.75) is 47.0 Å². The van der Waals surface area contributed by atoms with Crippen LogP contribution in [-0.2, 0) is 23.1 Å². The minimum absolute atomic E-state index is 0.00961. The van der Waals surface area contributed by atoms with Crippen molar-refractivity contribution in [3.05, 3.63) is 24.0 Å². The third kappa shape index (κ3) is 4.62. The van der Waals surface area contributed by atoms with E-state index in [-0.39, 0.29) is 23.7 Å². The molecule has 2 rings (SSSR count). The zero-order valence-corrected chi connectivity index (χ0v) is 16.4. The van der Waals surface area contributed by atoms with E-state index in [1.54, 1.807) is 0 Å². The largest absolute Gasteiger partial charge is 0.355 e. The molecule has 2 N–H and O–H groups in total. The molecule has 0 aliphatic rings. The van der Waals surface area contributed by atoms with Crippen molar-refractivity contribution in [2.24, 2.45) is 18.9 Å². The number of nitrogens with one attached hydrogen (secondary N) is 2. The van der Waals surface area contributed by atoms with Crippen molar-refractivity contribution in [1.82, 2.24) is 14.9 Å². The second kappa shape index (κ2) is 8.83. The molecule has 6 heteroatoms. The lowest BCUT2D eigenvalue weighted by Crippen LogP contribution is -2.32. The minimum atomic E-state index is -0.0660. The molecule has 6 nitrogen and oxygen atoms in total. The Hall–Kier alpha value is -2.37. The van der Waals surface area contributed by atoms with Crippen molar-refractivity contribution in [2.75, 3.05) is 11.9 Å². The first-order chi connectivity index (χ1) is 12.4. The van der Waals surface area contributed by atoms with E-state index < -0.39 is 0 Å². The molecule has 0 fully saturated rings. The fourth-order valence-corrected chi connectivity index (χ4v) is 2.94. The third-order valence-corrected chi connectivity index (χ3v) is 4.77. The summed E-state index contributed by atoms with van der Waals surface area (Å²) in [6.07, 6.45) is 2.39. The number of hydrogen-bond donors (Lipinski definition) is 2. The van der Waals surface area contributed by atoms with Crippen molar-refractivity contribution >= 4 is 28.5 Å². The first-order valence-electron chi connectivity index (χ1n) is 9.41. The minimum Gasteiger partial charge on any atom is -0.355 e. The van der Waals surface area contributed by atoms with Gasteiger partial charge in [0.1, 0.15) is 5.82 Å². The van der Waals surface area contributed by atoms with Crippen LogP contribution in [0.5, 0.6) is 0 Å². The maximum Gasteiger partial charge on any atom is 0.226 e. The zero-order valence-electron chi connectivity index (χ0n) is 16.4. The summed E-state index contributed by atoms with van der Waals surface area (Å²) in [5.41, 5.74) is 2.60. The quantitative estimate of drug-likeness (QED) is 0.760. The molecule has 1 aromatic heterocycles. The number of carbonyl (C=O) groups excluding carboxylic acids is 2. The van der Waals surface area contributed by atoms with Gasteiger partial charge in [0.2, 0.25) is 11.8 Å². The van der Waals surface area contributed by atoms with E-state index in [9.17, 15) is 9.59 Å². The van der Waals surface area contributed by atoms with Gasteiger partial charge in [-0.05, 0) is 31.0 Å². The summed E-state index contributed by atoms with van der Waals surface area (Å²) in [7, 11) is 1.97. The van der Waals surface area contributed by atoms with E-state index in [4.69, 9.17) is 0 Å². The van der Waals surface area contributed by atoms with Crippen LogP contribution in [0.4, 0.5) is 5.69 Å². The average Bonchev–Trinajstić information content (AvgIpc) is 2.91. The first kappa shape index (κ1) is 19.9. The lowest BCUT2D eigenvalue weighted by Gasteiger charge is -2.12. The Bertz CT molecular complexity index is 775. The van der Waals surface area contributed by atoms with E-state index in [0.29, 0.717) is 13.0 Å². The molecule has 1 heterocycles. The number of imidazole rings is 1. The van der Waals surface area contributed by atoms with Gasteiger partial charge in [0.05, 0.1) is 11.0 Å². The molecule has 0 saturated carbocycles. The highest BCUT2D eigenvalue weighted by molar-refractivity contribution is 5.94. The lowest BCUT2D eigenvalue weighted by atomic mass is 10.0. The van der Waals surface area contributed by atoms with Crippen LogP contribution in [-0.4, -0.2) is 27.9 Å². The van der Waals surface area contributed by atoms with E-state index >= 15 is 0 Å². The number of hydrogen-bond acceptors (Lipinski definition) is 3. The highest BCUT2D eigenvalue weighted by Gasteiger charge is 2.14. The first-order valence-corrected chi connectivity index (χ1v) is 9.41. The standard InChI is InChI=1S/C20H30N4O2/c1-6-14(7-2)20(26)21-11-10-18-23-16-12-15(22-19(25)13(3)4)8-9-17(16)24(18)5/h8-9,12-14H,6-7,10-11H2,1-5H3,(H,21,26)(H,22,25). The van der Waals surface area contributed by atoms with Gasteiger partial charge in [-0.15, -0.1) is 0 Å². The monoisotopic (exact) mass is 358 g/mol. The number of aromatic nitrogens is 2. The van der Waals surface area contributed by atoms with Crippen LogP contribution < -0.4 is 10.6 Å². The Kier molecular flexibility index (Phi) is 6.77. The lowest BCUT2D eigenvalue weighted by molar-refractivity contribution is -0.125. The molecule has 0 spiro atoms. The molecule has 2 amide bonds. The summed E-state index contributed by atoms with van der Waals surface area (Å²) in [5.74, 6) is 1.04. The van der Waals surface area contributed by atoms with E-state index in [1.165, 1.54) is 0 Å². The average molecular weight is 358 g/mol. The van der Waals surface area contributed by atoms with Gasteiger partial charge in [0, 0.05) is 37.5 Å². The van der Waals surface area contributed by atoms with Gasteiger partial charge in [0.15, 0.2) is 0 Å². The maximum atomic E-state index is 12.1. The molecular formula is C20H30N4O2. The van der Waals surface area contributed by atoms with Crippen LogP contribution in [0.1, 0.15) is 46.4 Å². The number of nitrogens with zero attached hydrogens (tertiary/aromatic N) is 2. The predicted octanol–water partition coefficient (Wildman–Crippen LogP) is 3.26. The van der Waals surface area contributed by atoms with Crippen molar-refractivity contribution in [3.63, 3.8) is 0 Å². The molecule has 0 bridgehead atoms. The van der Waals surface area contributed by atoms with Gasteiger partial charge >= 0.3 is 0 Å². The molecule has 0 saturated heterocycles. The molecule has 2 aromatic rings. The molecule has 0 aliphatic carbocycles. The fourth-order valence-electron chi connectivity index (χ4n) is 2.94. The Morgan fingerprint density at radius 1 is 1.15 bits per heavy atom. The maximum absolute atomic E-state index is 12.1. The second-order valence-corrected chi connectivity index (χ2v) is 6.99. The summed E-state index contributed by atoms with van der Waals surface area (Å²) in [5, 5.41) is 5.91. The molecule has 1 aromatic carbocycles. The molecule has 142 valence electrons. The second-order valence-electron chi connectivity index (χ2n) is 6.99. The topological polar surface area (TPSA) is 76.0 Å². The molecule has 0 aliphatic heterocycles. The number of carbonyl (C=O) groups is 2. The normalized spacial score (nSPS) is 11.3. The number of aryl methyl sites for hydroxylation is 1. The summed E-state index contributed by atoms with van der Waals surface area (Å²) in [6.45, 7) is 8.37. The fraction of sp³-hybridized carbons (Fsp3) is 0.550. The van der Waals surface area contributed by atoms with Gasteiger partial charge in [-0.3, -0.25) is 9.59 Å². The Balaban J connectivity index is 2.06. The van der Waals surface area contributed by atoms with Crippen LogP contribution >= 0.6 is 0 Å². The van der Waals surface area contributed by atoms with Gasteiger partial charge in [-0.2, -0.15) is 0 Å². The van der Waals surface area contributed by atoms with E-state index in [2.05, 4.69) is 15.6 Å². The number of amides is 2. The molecule has 0 atom stereocenters. The smallest absolute Gasteiger partial charge is 0.226 e. The molecule has 0 radical (unpaired) electrons. The van der Waals surface area contributed by atoms with Crippen LogP contribution in [0.15, 0.2) is 18.2 Å². The van der Waals surface area contributed by atoms with Crippen LogP contribution in [0.25, 0.3) is 11.0 Å². The predicted molar refractivity (Wildman–Crippen MR) is 105 cm³/mol. The van der Waals surface area contributed by atoms with Gasteiger partial charge in [-0.25, -0.2) is 4.98 Å². The Labute approximate surface area is 155 Å². The van der Waals surface area contributed by atoms with Gasteiger partial charge in [-0.1, -0.05) is 27.7 Å². The zero-order chi connectivity index (χ0) is 19.3. The summed E-state index contributed by atoms with van der Waals surface area (Å²) in [6, 6.07) is 5.75. The van der Waals surface area contributed by atoms with Crippen molar-refractivity contribution < 1.29 is 9.59 Å². The highest BCUT2D eigenvalue weighted by Crippen LogP contribution is 2.20. The number of anilines is 1. The Morgan fingerprint density at radius 2 is 1.85 bits per heavy atom. The van der Waals surface area contributed by atoms with Crippen LogP contribution in [0, 0.1) is 11.8 Å². The van der Waals surface area contributed by atoms with Crippen molar-refractivity contribution in [1.29, 1.82) is 0 Å². The Morgan fingerprint density at radius 3 is 2.46 bits per heavy atom. The summed E-state index contributed by atoms with van der Waals surface area (Å²) >= 11 is 0. The summed E-state index contributed by atoms with van der Waals surface area (Å²) < 4.78 is 2.03. The third-order valence-electron chi connectivity index (χ3n) is 4.77. The van der Waals surface area contributed by atoms with Crippen LogP contribution in [0.3, 0.4) is 0 Å². The number of benzene rings is 1. The van der Waals surface area contributed by atoms with E-state index in [0.717, 1.165) is 35.4 Å². The number of fused-ring (bicyclic) bond motifs is 1. The van der Waals surface area contributed by atoms with Crippen LogP contribution in [0.2, 0.25) is 0 Å². The number of rotatable bonds is 8. The van der Waals surface area contributed by atoms with Gasteiger partial charge in [0.25, 0.3) is 0 Å². The van der Waals surface area contributed by atoms with E-state index in [1.807, 2.05) is 57.5 Å². The highest BCUT2D eigenvalue weighted by atomic mass is 16.2. The molecule has 26 heavy (non-hydrogen) atoms. The molecule has 0 unspecified atom stereocenters. The summed E-state index contributed by atoms with van der Waals surface area (Å²) in [4.78, 5) is 28.6. The molecular weight excluding hydrogens is 328 g/mol.